The smallest absolute Gasteiger partial charge is 0.229 e. The van der Waals surface area contributed by atoms with E-state index in [0.29, 0.717) is 26.4 Å². The molecule has 0 spiro atoms. The van der Waals surface area contributed by atoms with Crippen LogP contribution < -0.4 is 5.32 Å². The van der Waals surface area contributed by atoms with Crippen LogP contribution in [-0.2, 0) is 23.9 Å². The Labute approximate surface area is 119 Å². The molecule has 1 fully saturated rings. The van der Waals surface area contributed by atoms with Gasteiger partial charge in [0.1, 0.15) is 0 Å². The van der Waals surface area contributed by atoms with Gasteiger partial charge in [0, 0.05) is 38.9 Å². The molecule has 1 heterocycles. The average Bonchev–Trinajstić information content (AvgIpc) is 2.65. The van der Waals surface area contributed by atoms with E-state index < -0.39 is 11.7 Å². The van der Waals surface area contributed by atoms with Crippen LogP contribution in [0.15, 0.2) is 0 Å². The lowest BCUT2D eigenvalue weighted by atomic mass is 9.86. The zero-order valence-electron chi connectivity index (χ0n) is 11.6. The second kappa shape index (κ2) is 8.70. The summed E-state index contributed by atoms with van der Waals surface area (Å²) in [5, 5.41) is 2.64. The third kappa shape index (κ3) is 5.30. The van der Waals surface area contributed by atoms with Crippen LogP contribution in [-0.4, -0.2) is 70.5 Å². The highest BCUT2D eigenvalue weighted by Gasteiger charge is 2.34. The summed E-state index contributed by atoms with van der Waals surface area (Å²) in [5.41, 5.74) is 0. The van der Waals surface area contributed by atoms with Crippen molar-refractivity contribution >= 4 is 25.6 Å². The van der Waals surface area contributed by atoms with Crippen LogP contribution in [0.1, 0.15) is 12.8 Å². The Bertz CT molecular complexity index is 364. The van der Waals surface area contributed by atoms with Gasteiger partial charge in [0.2, 0.25) is 17.7 Å². The number of imide groups is 1. The van der Waals surface area contributed by atoms with Gasteiger partial charge in [-0.05, 0) is 0 Å². The Kier molecular flexibility index (Phi) is 7.25. The molecule has 0 bridgehead atoms. The largest absolute Gasteiger partial charge is 0.382 e. The summed E-state index contributed by atoms with van der Waals surface area (Å²) in [5.74, 6) is -1.73. The summed E-state index contributed by atoms with van der Waals surface area (Å²) < 4.78 is 9.98. The third-order valence-electron chi connectivity index (χ3n) is 2.84. The zero-order valence-corrected chi connectivity index (χ0v) is 11.6. The minimum absolute atomic E-state index is 0.0216. The fourth-order valence-corrected chi connectivity index (χ4v) is 1.75. The Morgan fingerprint density at radius 2 is 2.15 bits per heavy atom. The van der Waals surface area contributed by atoms with Crippen molar-refractivity contribution in [2.24, 2.45) is 0 Å². The van der Waals surface area contributed by atoms with Crippen molar-refractivity contribution in [3.05, 3.63) is 0 Å². The molecule has 1 N–H and O–H groups in total. The van der Waals surface area contributed by atoms with Crippen LogP contribution in [0.2, 0.25) is 5.82 Å². The molecule has 20 heavy (non-hydrogen) atoms. The van der Waals surface area contributed by atoms with E-state index in [1.54, 1.807) is 7.11 Å². The minimum atomic E-state index is -0.764. The predicted molar refractivity (Wildman–Crippen MR) is 71.2 cm³/mol. The molecule has 0 aliphatic carbocycles. The van der Waals surface area contributed by atoms with Crippen molar-refractivity contribution in [1.29, 1.82) is 0 Å². The van der Waals surface area contributed by atoms with Gasteiger partial charge in [0.05, 0.1) is 27.7 Å². The first-order valence-electron chi connectivity index (χ1n) is 6.49. The normalized spacial score (nSPS) is 18.6. The quantitative estimate of drug-likeness (QED) is 0.329. The van der Waals surface area contributed by atoms with Crippen LogP contribution >= 0.6 is 0 Å². The van der Waals surface area contributed by atoms with Gasteiger partial charge in [0.15, 0.2) is 0 Å². The van der Waals surface area contributed by atoms with E-state index in [1.165, 1.54) is 0 Å². The number of likely N-dealkylation sites (tertiary alicyclic amines) is 1. The number of hydrogen-bond donors (Lipinski definition) is 1. The van der Waals surface area contributed by atoms with E-state index in [4.69, 9.17) is 17.3 Å². The first-order valence-corrected chi connectivity index (χ1v) is 6.49. The number of nitrogens with zero attached hydrogens (tertiary/aromatic N) is 1. The molecule has 0 saturated carbocycles. The van der Waals surface area contributed by atoms with E-state index in [2.05, 4.69) is 5.32 Å². The summed E-state index contributed by atoms with van der Waals surface area (Å²) in [6.07, 6.45) is 0.0933. The molecular weight excluding hydrogens is 263 g/mol. The lowest BCUT2D eigenvalue weighted by Gasteiger charge is -2.14. The second-order valence-electron chi connectivity index (χ2n) is 4.40. The highest BCUT2D eigenvalue weighted by Crippen LogP contribution is 2.21. The Balaban J connectivity index is 2.11. The lowest BCUT2D eigenvalue weighted by Crippen LogP contribution is -2.35. The molecule has 1 unspecified atom stereocenters. The highest BCUT2D eigenvalue weighted by atomic mass is 16.5. The first-order chi connectivity index (χ1) is 9.56. The average molecular weight is 282 g/mol. The number of ether oxygens (including phenoxy) is 2. The standard InChI is InChI=1S/C12H19BN2O5/c1-19-6-7-20-5-3-14-10(16)2-4-15-11(17)8-9(13)12(15)18/h9H,2-8H2,1H3,(H,14,16). The second-order valence-corrected chi connectivity index (χ2v) is 4.40. The summed E-state index contributed by atoms with van der Waals surface area (Å²) in [4.78, 5) is 35.5. The molecule has 1 rings (SSSR count). The number of amides is 3. The molecule has 110 valence electrons. The van der Waals surface area contributed by atoms with E-state index in [9.17, 15) is 14.4 Å². The SMILES string of the molecule is [B]C1CC(=O)N(CCC(=O)NCCOCCOC)C1=O. The fourth-order valence-electron chi connectivity index (χ4n) is 1.75. The van der Waals surface area contributed by atoms with Gasteiger partial charge in [0.25, 0.3) is 0 Å². The molecule has 2 radical (unpaired) electrons. The molecule has 3 amide bonds. The van der Waals surface area contributed by atoms with Crippen LogP contribution in [0.25, 0.3) is 0 Å². The van der Waals surface area contributed by atoms with Crippen LogP contribution in [0, 0.1) is 0 Å². The van der Waals surface area contributed by atoms with Gasteiger partial charge in [-0.15, -0.1) is 0 Å². The third-order valence-corrected chi connectivity index (χ3v) is 2.84. The number of carbonyl (C=O) groups excluding carboxylic acids is 3. The molecule has 0 aromatic carbocycles. The van der Waals surface area contributed by atoms with Gasteiger partial charge in [-0.25, -0.2) is 0 Å². The summed E-state index contributed by atoms with van der Waals surface area (Å²) in [6, 6.07) is 0. The first kappa shape index (κ1) is 16.6. The van der Waals surface area contributed by atoms with Gasteiger partial charge < -0.3 is 14.8 Å². The Morgan fingerprint density at radius 1 is 1.40 bits per heavy atom. The van der Waals surface area contributed by atoms with Gasteiger partial charge >= 0.3 is 0 Å². The van der Waals surface area contributed by atoms with E-state index in [0.717, 1.165) is 4.90 Å². The molecule has 8 heteroatoms. The molecule has 1 saturated heterocycles. The molecule has 1 aliphatic rings. The maximum Gasteiger partial charge on any atom is 0.229 e. The van der Waals surface area contributed by atoms with Crippen LogP contribution in [0.3, 0.4) is 0 Å². The monoisotopic (exact) mass is 282 g/mol. The van der Waals surface area contributed by atoms with Crippen molar-refractivity contribution in [2.45, 2.75) is 18.7 Å². The molecule has 1 aliphatic heterocycles. The van der Waals surface area contributed by atoms with E-state index in [-0.39, 0.29) is 31.2 Å². The number of nitrogens with one attached hydrogen (secondary N) is 1. The van der Waals surface area contributed by atoms with E-state index >= 15 is 0 Å². The molecule has 1 atom stereocenters. The van der Waals surface area contributed by atoms with Crippen molar-refractivity contribution in [1.82, 2.24) is 10.2 Å². The van der Waals surface area contributed by atoms with Crippen molar-refractivity contribution in [3.63, 3.8) is 0 Å². The zero-order chi connectivity index (χ0) is 15.0. The summed E-state index contributed by atoms with van der Waals surface area (Å²) in [6.45, 7) is 1.82. The Hall–Kier alpha value is -1.41. The molecule has 7 nitrogen and oxygen atoms in total. The van der Waals surface area contributed by atoms with Gasteiger partial charge in [-0.2, -0.15) is 0 Å². The topological polar surface area (TPSA) is 84.9 Å². The van der Waals surface area contributed by atoms with Crippen molar-refractivity contribution in [2.75, 3.05) is 40.0 Å². The van der Waals surface area contributed by atoms with Crippen LogP contribution in [0.4, 0.5) is 0 Å². The summed E-state index contributed by atoms with van der Waals surface area (Å²) >= 11 is 0. The van der Waals surface area contributed by atoms with Crippen molar-refractivity contribution in [3.8, 4) is 0 Å². The summed E-state index contributed by atoms with van der Waals surface area (Å²) in [7, 11) is 7.05. The lowest BCUT2D eigenvalue weighted by molar-refractivity contribution is -0.138. The number of carbonyl (C=O) groups is 3. The predicted octanol–water partition coefficient (Wildman–Crippen LogP) is -1.13. The van der Waals surface area contributed by atoms with E-state index in [1.807, 2.05) is 0 Å². The molecule has 0 aromatic rings. The van der Waals surface area contributed by atoms with Gasteiger partial charge in [-0.3, -0.25) is 19.3 Å². The van der Waals surface area contributed by atoms with Gasteiger partial charge in [-0.1, -0.05) is 0 Å². The molecule has 0 aromatic heterocycles. The van der Waals surface area contributed by atoms with Crippen molar-refractivity contribution < 1.29 is 23.9 Å². The molecular formula is C12H19BN2O5. The number of rotatable bonds is 9. The maximum atomic E-state index is 11.5. The Morgan fingerprint density at radius 3 is 2.75 bits per heavy atom. The fraction of sp³-hybridized carbons (Fsp3) is 0.750. The van der Waals surface area contributed by atoms with Crippen LogP contribution in [0.5, 0.6) is 0 Å². The maximum absolute atomic E-state index is 11.5. The number of hydrogen-bond acceptors (Lipinski definition) is 5. The number of methoxy groups -OCH3 is 1. The highest BCUT2D eigenvalue weighted by molar-refractivity contribution is 6.29. The minimum Gasteiger partial charge on any atom is -0.382 e.